The van der Waals surface area contributed by atoms with Crippen LogP contribution >= 0.6 is 27.5 Å². The van der Waals surface area contributed by atoms with Gasteiger partial charge in [-0.25, -0.2) is 0 Å². The van der Waals surface area contributed by atoms with Gasteiger partial charge in [-0.05, 0) is 64.0 Å². The molecule has 1 atom stereocenters. The van der Waals surface area contributed by atoms with E-state index in [1.165, 1.54) is 24.0 Å². The van der Waals surface area contributed by atoms with Crippen molar-refractivity contribution in [3.05, 3.63) is 63.1 Å². The average Bonchev–Trinajstić information content (AvgIpc) is 3.33. The molecule has 1 fully saturated rings. The van der Waals surface area contributed by atoms with Crippen LogP contribution in [0.15, 0.2) is 46.9 Å². The van der Waals surface area contributed by atoms with E-state index in [9.17, 15) is 0 Å². The maximum absolute atomic E-state index is 6.13. The predicted octanol–water partition coefficient (Wildman–Crippen LogP) is 5.09. The highest BCUT2D eigenvalue weighted by Crippen LogP contribution is 2.40. The Labute approximate surface area is 138 Å². The lowest BCUT2D eigenvalue weighted by atomic mass is 10.0. The van der Waals surface area contributed by atoms with Crippen LogP contribution in [0.2, 0.25) is 5.02 Å². The van der Waals surface area contributed by atoms with Crippen LogP contribution in [-0.2, 0) is 0 Å². The van der Waals surface area contributed by atoms with Gasteiger partial charge in [-0.1, -0.05) is 35.9 Å². The molecule has 4 heteroatoms. The Hall–Kier alpha value is -1.03. The van der Waals surface area contributed by atoms with Crippen molar-refractivity contribution < 1.29 is 0 Å². The summed E-state index contributed by atoms with van der Waals surface area (Å²) in [7, 11) is 0. The second-order valence-corrected chi connectivity index (χ2v) is 6.76. The van der Waals surface area contributed by atoms with Gasteiger partial charge in [0.1, 0.15) is 0 Å². The molecule has 2 aromatic carbocycles. The molecule has 3 N–H and O–H groups in total. The minimum atomic E-state index is 0.0931. The molecule has 2 aromatic rings. The van der Waals surface area contributed by atoms with Gasteiger partial charge in [0.15, 0.2) is 0 Å². The van der Waals surface area contributed by atoms with Gasteiger partial charge in [0.2, 0.25) is 0 Å². The normalized spacial score (nSPS) is 15.8. The number of nitrogens with one attached hydrogen (secondary N) is 1. The molecule has 0 saturated heterocycles. The molecule has 0 spiro atoms. The van der Waals surface area contributed by atoms with E-state index in [2.05, 4.69) is 45.5 Å². The summed E-state index contributed by atoms with van der Waals surface area (Å²) in [5, 5.41) is 4.14. The largest absolute Gasteiger partial charge is 0.377 e. The number of rotatable bonds is 5. The summed E-state index contributed by atoms with van der Waals surface area (Å²) in [5.41, 5.74) is 9.56. The van der Waals surface area contributed by atoms with E-state index < -0.39 is 0 Å². The van der Waals surface area contributed by atoms with Gasteiger partial charge < -0.3 is 11.1 Å². The minimum absolute atomic E-state index is 0.0931. The fourth-order valence-electron chi connectivity index (χ4n) is 2.48. The van der Waals surface area contributed by atoms with Gasteiger partial charge in [-0.3, -0.25) is 0 Å². The van der Waals surface area contributed by atoms with Gasteiger partial charge in [0.25, 0.3) is 0 Å². The summed E-state index contributed by atoms with van der Waals surface area (Å²) in [5.74, 6) is 0.786. The van der Waals surface area contributed by atoms with E-state index in [4.69, 9.17) is 17.3 Å². The summed E-state index contributed by atoms with van der Waals surface area (Å²) < 4.78 is 0.896. The topological polar surface area (TPSA) is 38.0 Å². The van der Waals surface area contributed by atoms with Crippen LogP contribution in [0.5, 0.6) is 0 Å². The third-order valence-electron chi connectivity index (χ3n) is 3.88. The van der Waals surface area contributed by atoms with E-state index in [1.807, 2.05) is 18.2 Å². The van der Waals surface area contributed by atoms with Crippen molar-refractivity contribution in [1.82, 2.24) is 0 Å². The molecule has 1 aliphatic rings. The predicted molar refractivity (Wildman–Crippen MR) is 93.0 cm³/mol. The Morgan fingerprint density at radius 3 is 2.48 bits per heavy atom. The van der Waals surface area contributed by atoms with Crippen LogP contribution in [0.25, 0.3) is 0 Å². The standard InChI is InChI=1S/C17H18BrClN2/c18-15-8-7-14(9-16(15)19)21-17(10-20)13-5-3-12(4-6-13)11-1-2-11/h3-9,11,17,21H,1-2,10,20H2. The Bertz CT molecular complexity index is 623. The van der Waals surface area contributed by atoms with Crippen molar-refractivity contribution in [3.63, 3.8) is 0 Å². The van der Waals surface area contributed by atoms with Crippen molar-refractivity contribution in [3.8, 4) is 0 Å². The maximum atomic E-state index is 6.13. The zero-order valence-corrected chi connectivity index (χ0v) is 14.0. The molecule has 0 aromatic heterocycles. The number of benzene rings is 2. The fourth-order valence-corrected chi connectivity index (χ4v) is 2.91. The Balaban J connectivity index is 1.75. The highest BCUT2D eigenvalue weighted by atomic mass is 79.9. The molecule has 3 rings (SSSR count). The first kappa shape index (κ1) is 14.9. The Morgan fingerprint density at radius 1 is 1.19 bits per heavy atom. The first-order valence-electron chi connectivity index (χ1n) is 7.19. The van der Waals surface area contributed by atoms with E-state index in [1.54, 1.807) is 0 Å². The van der Waals surface area contributed by atoms with Crippen molar-refractivity contribution in [2.75, 3.05) is 11.9 Å². The molecule has 110 valence electrons. The molecule has 0 aliphatic heterocycles. The van der Waals surface area contributed by atoms with Crippen LogP contribution in [0.3, 0.4) is 0 Å². The zero-order valence-electron chi connectivity index (χ0n) is 11.7. The van der Waals surface area contributed by atoms with Crippen LogP contribution < -0.4 is 11.1 Å². The molecule has 21 heavy (non-hydrogen) atoms. The van der Waals surface area contributed by atoms with Crippen molar-refractivity contribution >= 4 is 33.2 Å². The lowest BCUT2D eigenvalue weighted by Gasteiger charge is -2.19. The van der Waals surface area contributed by atoms with Gasteiger partial charge >= 0.3 is 0 Å². The number of hydrogen-bond donors (Lipinski definition) is 2. The molecule has 1 saturated carbocycles. The quantitative estimate of drug-likeness (QED) is 0.774. The molecule has 0 bridgehead atoms. The number of nitrogens with two attached hydrogens (primary N) is 1. The van der Waals surface area contributed by atoms with Gasteiger partial charge in [0.05, 0.1) is 11.1 Å². The molecular formula is C17H18BrClN2. The fraction of sp³-hybridized carbons (Fsp3) is 0.294. The van der Waals surface area contributed by atoms with E-state index in [0.717, 1.165) is 16.1 Å². The third-order valence-corrected chi connectivity index (χ3v) is 5.12. The molecule has 2 nitrogen and oxygen atoms in total. The lowest BCUT2D eigenvalue weighted by Crippen LogP contribution is -2.20. The van der Waals surface area contributed by atoms with Crippen LogP contribution in [-0.4, -0.2) is 6.54 Å². The highest BCUT2D eigenvalue weighted by Gasteiger charge is 2.23. The molecule has 0 amide bonds. The second kappa shape index (κ2) is 6.39. The molecule has 0 radical (unpaired) electrons. The molecular weight excluding hydrogens is 348 g/mol. The van der Waals surface area contributed by atoms with Crippen LogP contribution in [0.1, 0.15) is 35.9 Å². The number of anilines is 1. The van der Waals surface area contributed by atoms with Crippen molar-refractivity contribution in [1.29, 1.82) is 0 Å². The van der Waals surface area contributed by atoms with E-state index in [-0.39, 0.29) is 6.04 Å². The molecule has 1 aliphatic carbocycles. The summed E-state index contributed by atoms with van der Waals surface area (Å²) in [6.45, 7) is 0.538. The van der Waals surface area contributed by atoms with Crippen molar-refractivity contribution in [2.24, 2.45) is 5.73 Å². The number of halogens is 2. The Kier molecular flexibility index (Phi) is 4.53. The first-order chi connectivity index (χ1) is 10.2. The summed E-state index contributed by atoms with van der Waals surface area (Å²) in [6.07, 6.45) is 2.66. The number of hydrogen-bond acceptors (Lipinski definition) is 2. The van der Waals surface area contributed by atoms with Crippen LogP contribution in [0.4, 0.5) is 5.69 Å². The average molecular weight is 366 g/mol. The van der Waals surface area contributed by atoms with Gasteiger partial charge in [-0.2, -0.15) is 0 Å². The first-order valence-corrected chi connectivity index (χ1v) is 8.36. The monoisotopic (exact) mass is 364 g/mol. The lowest BCUT2D eigenvalue weighted by molar-refractivity contribution is 0.789. The summed E-state index contributed by atoms with van der Waals surface area (Å²) >= 11 is 9.53. The van der Waals surface area contributed by atoms with E-state index in [0.29, 0.717) is 11.6 Å². The van der Waals surface area contributed by atoms with Gasteiger partial charge in [0, 0.05) is 16.7 Å². The van der Waals surface area contributed by atoms with E-state index >= 15 is 0 Å². The zero-order chi connectivity index (χ0) is 14.8. The SMILES string of the molecule is NCC(Nc1ccc(Br)c(Cl)c1)c1ccc(C2CC2)cc1. The minimum Gasteiger partial charge on any atom is -0.377 e. The smallest absolute Gasteiger partial charge is 0.0636 e. The Morgan fingerprint density at radius 2 is 1.90 bits per heavy atom. The summed E-state index contributed by atoms with van der Waals surface area (Å²) in [4.78, 5) is 0. The second-order valence-electron chi connectivity index (χ2n) is 5.50. The van der Waals surface area contributed by atoms with Crippen LogP contribution in [0, 0.1) is 0 Å². The third kappa shape index (κ3) is 3.60. The molecule has 0 heterocycles. The highest BCUT2D eigenvalue weighted by molar-refractivity contribution is 9.10. The van der Waals surface area contributed by atoms with Gasteiger partial charge in [-0.15, -0.1) is 0 Å². The molecule has 1 unspecified atom stereocenters. The summed E-state index contributed by atoms with van der Waals surface area (Å²) in [6, 6.07) is 14.8. The van der Waals surface area contributed by atoms with Crippen molar-refractivity contribution in [2.45, 2.75) is 24.8 Å². The maximum Gasteiger partial charge on any atom is 0.0636 e.